The molecule has 0 fully saturated rings. The van der Waals surface area contributed by atoms with Gasteiger partial charge in [-0.3, -0.25) is 9.13 Å². The van der Waals surface area contributed by atoms with Gasteiger partial charge < -0.3 is 4.57 Å². The van der Waals surface area contributed by atoms with Gasteiger partial charge in [0.05, 0.1) is 50.2 Å². The molecule has 0 aliphatic heterocycles. The molecule has 7 aromatic heterocycles. The average Bonchev–Trinajstić information content (AvgIpc) is 1.55. The van der Waals surface area contributed by atoms with Crippen LogP contribution in [0, 0.1) is 0 Å². The SMILES string of the molecule is CC1(C)c2ccccc2-c2cc3c4ccccc4n(-c4ccc(-c5nc(-c6ccccc6)nc(-c6ccccc6)n5)cc4)c3cc21.CC1(C)c2ccccc2-c2cc3c4ccccc4n(-c4nc(-c5ccc(-c6ccccc6)cc5)cc(-c5ccc(-c6ccccc6)cc5)n4)c3cc21.c1ccc(C2c3ccccc3-c3ccc(-c4ccnc(-n5c6ccccc6c6c7sc8ccccc8c7ccc65)n4)cc32)cc1. The van der Waals surface area contributed by atoms with Gasteiger partial charge in [-0.25, -0.2) is 34.9 Å². The fourth-order valence-electron chi connectivity index (χ4n) is 22.7. The van der Waals surface area contributed by atoms with E-state index in [0.717, 1.165) is 78.2 Å². The Balaban J connectivity index is 0.000000107. The van der Waals surface area contributed by atoms with Crippen LogP contribution in [0.3, 0.4) is 0 Å². The lowest BCUT2D eigenvalue weighted by atomic mass is 9.82. The lowest BCUT2D eigenvalue weighted by Crippen LogP contribution is -2.15. The van der Waals surface area contributed by atoms with E-state index < -0.39 is 0 Å². The molecule has 0 saturated carbocycles. The van der Waals surface area contributed by atoms with E-state index in [2.05, 4.69) is 436 Å². The van der Waals surface area contributed by atoms with Crippen molar-refractivity contribution >= 4 is 96.9 Å². The molecule has 0 N–H and O–H groups in total. The minimum atomic E-state index is -0.129. The Morgan fingerprint density at radius 1 is 0.231 bits per heavy atom. The second kappa shape index (κ2) is 34.0. The van der Waals surface area contributed by atoms with E-state index in [-0.39, 0.29) is 16.7 Å². The van der Waals surface area contributed by atoms with Crippen molar-refractivity contribution in [1.82, 2.24) is 48.6 Å². The molecule has 26 aromatic rings. The van der Waals surface area contributed by atoms with Gasteiger partial charge in [0.2, 0.25) is 11.9 Å². The standard InChI is InChI=1S/C49H35N3.C42H30N4.C41H25N3S/c1-49(2)42-19-11-9-17-38(42)40-29-41-39-18-10-12-20-46(39)52(47(41)30-43(40)49)48-50-44(36-25-21-34(22-26-36)32-13-5-3-6-14-32)31-45(51-48)37-27-23-35(24-28-37)33-15-7-4-8-16-33;1-42(2)35-19-11-9-17-31(35)33-25-34-32-18-10-12-20-37(32)46(38(34)26-36(33)42)30-23-21-29(22-24-30)41-44-39(27-13-5-3-6-14-27)43-40(45-41)28-15-7-4-8-16-28;1-2-10-25(11-3-1)38-30-14-5-4-12-27(30)28-19-18-26(24-33(28)38)34-22-23-42-41(43-34)44-35-16-8-6-15-32(35)39-36(44)21-20-31-29-13-7-9-17-37(29)45-40(31)39/h3-31H,1-2H3;3-26H,1-2H3;1-24,38H. The van der Waals surface area contributed by atoms with Gasteiger partial charge in [-0.1, -0.05) is 392 Å². The second-order valence-electron chi connectivity index (χ2n) is 38.5. The maximum absolute atomic E-state index is 5.36. The fraction of sp³-hybridized carbons (Fsp3) is 0.0530. The molecule has 674 valence electrons. The first kappa shape index (κ1) is 84.3. The van der Waals surface area contributed by atoms with Crippen molar-refractivity contribution in [2.45, 2.75) is 44.4 Å². The van der Waals surface area contributed by atoms with Crippen LogP contribution in [0.1, 0.15) is 72.6 Å². The van der Waals surface area contributed by atoms with Crippen LogP contribution < -0.4 is 0 Å². The first-order valence-corrected chi connectivity index (χ1v) is 49.7. The molecule has 0 bridgehead atoms. The summed E-state index contributed by atoms with van der Waals surface area (Å²) in [6.07, 6.45) is 1.90. The van der Waals surface area contributed by atoms with Crippen LogP contribution in [0.5, 0.6) is 0 Å². The number of hydrogen-bond donors (Lipinski definition) is 0. The van der Waals surface area contributed by atoms with Gasteiger partial charge in [-0.2, -0.15) is 0 Å². The number of aromatic nitrogens is 10. The molecule has 1 atom stereocenters. The average molecular weight is 1850 g/mol. The van der Waals surface area contributed by atoms with Crippen molar-refractivity contribution in [1.29, 1.82) is 0 Å². The summed E-state index contributed by atoms with van der Waals surface area (Å²) in [6.45, 7) is 9.36. The lowest BCUT2D eigenvalue weighted by molar-refractivity contribution is 0.661. The maximum Gasteiger partial charge on any atom is 0.235 e. The van der Waals surface area contributed by atoms with Crippen LogP contribution in [-0.2, 0) is 10.8 Å². The summed E-state index contributed by atoms with van der Waals surface area (Å²) in [7, 11) is 0. The molecule has 11 heteroatoms. The maximum atomic E-state index is 5.36. The molecular formula is C132H90N10S. The summed E-state index contributed by atoms with van der Waals surface area (Å²) in [5.74, 6) is 3.51. The topological polar surface area (TPSA) is 105 Å². The fourth-order valence-corrected chi connectivity index (χ4v) is 24.0. The minimum absolute atomic E-state index is 0.0726. The Kier molecular flexibility index (Phi) is 20.0. The first-order chi connectivity index (χ1) is 70.4. The smallest absolute Gasteiger partial charge is 0.235 e. The Bertz CT molecular complexity index is 9400. The molecule has 10 nitrogen and oxygen atoms in total. The normalized spacial score (nSPS) is 13.4. The third-order valence-corrected chi connectivity index (χ3v) is 30.9. The molecule has 29 rings (SSSR count). The number of nitrogens with zero attached hydrogens (tertiary/aromatic N) is 10. The number of para-hydroxylation sites is 3. The number of thiophene rings is 1. The van der Waals surface area contributed by atoms with E-state index in [4.69, 9.17) is 34.9 Å². The summed E-state index contributed by atoms with van der Waals surface area (Å²) < 4.78 is 9.51. The Hall–Kier alpha value is -18.0. The second-order valence-corrected chi connectivity index (χ2v) is 39.6. The minimum Gasteiger partial charge on any atom is -0.309 e. The van der Waals surface area contributed by atoms with Gasteiger partial charge in [0, 0.05) is 115 Å². The van der Waals surface area contributed by atoms with Crippen LogP contribution in [0.2, 0.25) is 0 Å². The van der Waals surface area contributed by atoms with Crippen LogP contribution in [0.25, 0.3) is 227 Å². The number of hydrogen-bond acceptors (Lipinski definition) is 8. The van der Waals surface area contributed by atoms with Crippen molar-refractivity contribution < 1.29 is 0 Å². The highest BCUT2D eigenvalue weighted by Gasteiger charge is 2.39. The van der Waals surface area contributed by atoms with Crippen LogP contribution in [0.15, 0.2) is 467 Å². The highest BCUT2D eigenvalue weighted by Crippen LogP contribution is 2.55. The molecule has 1 unspecified atom stereocenters. The van der Waals surface area contributed by atoms with Crippen molar-refractivity contribution in [2.24, 2.45) is 0 Å². The Morgan fingerprint density at radius 2 is 0.636 bits per heavy atom. The third-order valence-electron chi connectivity index (χ3n) is 29.7. The summed E-state index contributed by atoms with van der Waals surface area (Å²) in [4.78, 5) is 35.5. The highest BCUT2D eigenvalue weighted by molar-refractivity contribution is 7.26. The molecule has 7 heterocycles. The molecule has 0 saturated heterocycles. The van der Waals surface area contributed by atoms with Crippen molar-refractivity contribution in [3.05, 3.63) is 506 Å². The van der Waals surface area contributed by atoms with Gasteiger partial charge in [-0.15, -0.1) is 11.3 Å². The zero-order chi connectivity index (χ0) is 95.1. The van der Waals surface area contributed by atoms with E-state index in [1.54, 1.807) is 0 Å². The molecule has 19 aromatic carbocycles. The van der Waals surface area contributed by atoms with Gasteiger partial charge in [-0.05, 0) is 192 Å². The number of rotatable bonds is 12. The zero-order valence-corrected chi connectivity index (χ0v) is 79.7. The Labute approximate surface area is 831 Å². The Morgan fingerprint density at radius 3 is 1.20 bits per heavy atom. The molecule has 0 radical (unpaired) electrons. The van der Waals surface area contributed by atoms with Crippen molar-refractivity contribution in [3.63, 3.8) is 0 Å². The van der Waals surface area contributed by atoms with Crippen LogP contribution in [0.4, 0.5) is 0 Å². The van der Waals surface area contributed by atoms with E-state index in [1.807, 2.05) is 84.3 Å². The predicted octanol–water partition coefficient (Wildman–Crippen LogP) is 33.6. The third kappa shape index (κ3) is 14.2. The van der Waals surface area contributed by atoms with E-state index in [1.165, 1.54) is 158 Å². The van der Waals surface area contributed by atoms with Crippen molar-refractivity contribution in [2.75, 3.05) is 0 Å². The lowest BCUT2D eigenvalue weighted by Gasteiger charge is -2.21. The van der Waals surface area contributed by atoms with E-state index in [9.17, 15) is 0 Å². The molecule has 3 aliphatic rings. The molecule has 0 spiro atoms. The van der Waals surface area contributed by atoms with Gasteiger partial charge in [0.25, 0.3) is 0 Å². The van der Waals surface area contributed by atoms with Gasteiger partial charge >= 0.3 is 0 Å². The monoisotopic (exact) mass is 1850 g/mol. The van der Waals surface area contributed by atoms with Gasteiger partial charge in [0.1, 0.15) is 0 Å². The summed E-state index contributed by atoms with van der Waals surface area (Å²) >= 11 is 1.86. The first-order valence-electron chi connectivity index (χ1n) is 48.9. The summed E-state index contributed by atoms with van der Waals surface area (Å²) in [5.41, 5.74) is 38.6. The molecule has 3 aliphatic carbocycles. The highest BCUT2D eigenvalue weighted by atomic mass is 32.1. The van der Waals surface area contributed by atoms with Crippen LogP contribution >= 0.6 is 11.3 Å². The predicted molar refractivity (Wildman–Crippen MR) is 591 cm³/mol. The molecular weight excluding hydrogens is 1760 g/mol. The summed E-state index contributed by atoms with van der Waals surface area (Å²) in [6, 6.07) is 164. The van der Waals surface area contributed by atoms with Crippen molar-refractivity contribution in [3.8, 4) is 141 Å². The van der Waals surface area contributed by atoms with Gasteiger partial charge in [0.15, 0.2) is 17.5 Å². The van der Waals surface area contributed by atoms with E-state index >= 15 is 0 Å². The molecule has 0 amide bonds. The zero-order valence-electron chi connectivity index (χ0n) is 78.9. The quantitative estimate of drug-likeness (QED) is 0.120. The number of benzene rings is 19. The largest absolute Gasteiger partial charge is 0.309 e. The number of fused-ring (bicyclic) bond motifs is 22. The molecule has 143 heavy (non-hydrogen) atoms. The summed E-state index contributed by atoms with van der Waals surface area (Å²) in [5, 5.41) is 10.0. The van der Waals surface area contributed by atoms with E-state index in [0.29, 0.717) is 29.4 Å². The van der Waals surface area contributed by atoms with Crippen LogP contribution in [-0.4, -0.2) is 48.6 Å².